The third-order valence-electron chi connectivity index (χ3n) is 3.70. The van der Waals surface area contributed by atoms with E-state index < -0.39 is 0 Å². The molecule has 116 valence electrons. The first-order valence-electron chi connectivity index (χ1n) is 7.26. The molecule has 0 amide bonds. The molecule has 1 N–H and O–H groups in total. The largest absolute Gasteiger partial charge is 0.467 e. The summed E-state index contributed by atoms with van der Waals surface area (Å²) >= 11 is 6.15. The Hall–Kier alpha value is -1.85. The number of nitrogens with zero attached hydrogens (tertiary/aromatic N) is 2. The van der Waals surface area contributed by atoms with Crippen LogP contribution in [0.25, 0.3) is 0 Å². The first-order valence-corrected chi connectivity index (χ1v) is 7.63. The van der Waals surface area contributed by atoms with Gasteiger partial charge >= 0.3 is 6.01 Å². The van der Waals surface area contributed by atoms with Crippen LogP contribution in [-0.2, 0) is 4.74 Å². The number of halogens is 1. The van der Waals surface area contributed by atoms with Gasteiger partial charge in [0.05, 0.1) is 19.4 Å². The molecule has 22 heavy (non-hydrogen) atoms. The van der Waals surface area contributed by atoms with E-state index in [1.807, 2.05) is 18.2 Å². The Morgan fingerprint density at radius 3 is 2.91 bits per heavy atom. The van der Waals surface area contributed by atoms with E-state index in [-0.39, 0.29) is 12.1 Å². The highest BCUT2D eigenvalue weighted by Crippen LogP contribution is 2.30. The summed E-state index contributed by atoms with van der Waals surface area (Å²) < 4.78 is 10.9. The molecule has 3 rings (SSSR count). The Morgan fingerprint density at radius 1 is 1.32 bits per heavy atom. The highest BCUT2D eigenvalue weighted by Gasteiger charge is 2.24. The van der Waals surface area contributed by atoms with E-state index in [9.17, 15) is 0 Å². The fourth-order valence-electron chi connectivity index (χ4n) is 2.57. The molecule has 0 spiro atoms. The second kappa shape index (κ2) is 6.94. The lowest BCUT2D eigenvalue weighted by Gasteiger charge is -2.31. The number of ether oxygens (including phenoxy) is 2. The van der Waals surface area contributed by atoms with Gasteiger partial charge in [-0.1, -0.05) is 41.9 Å². The molecule has 1 aliphatic heterocycles. The van der Waals surface area contributed by atoms with Gasteiger partial charge in [0.25, 0.3) is 0 Å². The Bertz CT molecular complexity index is 624. The summed E-state index contributed by atoms with van der Waals surface area (Å²) in [4.78, 5) is 8.25. The highest BCUT2D eigenvalue weighted by molar-refractivity contribution is 6.32. The average Bonchev–Trinajstić information content (AvgIpc) is 2.58. The van der Waals surface area contributed by atoms with Crippen molar-refractivity contribution in [2.75, 3.05) is 19.0 Å². The van der Waals surface area contributed by atoms with Crippen LogP contribution >= 0.6 is 11.6 Å². The Morgan fingerprint density at radius 2 is 2.14 bits per heavy atom. The third kappa shape index (κ3) is 3.48. The van der Waals surface area contributed by atoms with Crippen LogP contribution in [0.4, 0.5) is 5.82 Å². The number of nitrogens with one attached hydrogen (secondary N) is 1. The van der Waals surface area contributed by atoms with Crippen LogP contribution in [0.3, 0.4) is 0 Å². The number of anilines is 1. The quantitative estimate of drug-likeness (QED) is 0.935. The van der Waals surface area contributed by atoms with Gasteiger partial charge < -0.3 is 14.8 Å². The zero-order chi connectivity index (χ0) is 15.4. The van der Waals surface area contributed by atoms with Gasteiger partial charge in [0, 0.05) is 12.6 Å². The second-order valence-electron chi connectivity index (χ2n) is 5.19. The van der Waals surface area contributed by atoms with Crippen molar-refractivity contribution in [1.29, 1.82) is 0 Å². The van der Waals surface area contributed by atoms with Gasteiger partial charge in [-0.25, -0.2) is 4.98 Å². The van der Waals surface area contributed by atoms with Crippen LogP contribution in [0.5, 0.6) is 6.01 Å². The fraction of sp³-hybridized carbons (Fsp3) is 0.375. The molecule has 1 aromatic carbocycles. The third-order valence-corrected chi connectivity index (χ3v) is 3.98. The van der Waals surface area contributed by atoms with Crippen molar-refractivity contribution in [3.8, 4) is 6.01 Å². The number of hydrogen-bond acceptors (Lipinski definition) is 5. The first kappa shape index (κ1) is 15.1. The maximum Gasteiger partial charge on any atom is 0.318 e. The van der Waals surface area contributed by atoms with Gasteiger partial charge in [-0.3, -0.25) is 0 Å². The fourth-order valence-corrected chi connectivity index (χ4v) is 2.72. The van der Waals surface area contributed by atoms with Gasteiger partial charge in [0.2, 0.25) is 0 Å². The SMILES string of the molecule is COc1ncc(Cl)c(NC2CCOC(c3ccccc3)C2)n1. The van der Waals surface area contributed by atoms with Crippen LogP contribution < -0.4 is 10.1 Å². The Balaban J connectivity index is 1.70. The molecule has 0 radical (unpaired) electrons. The zero-order valence-electron chi connectivity index (χ0n) is 12.3. The molecule has 2 heterocycles. The predicted molar refractivity (Wildman–Crippen MR) is 85.4 cm³/mol. The summed E-state index contributed by atoms with van der Waals surface area (Å²) in [7, 11) is 1.53. The molecular weight excluding hydrogens is 302 g/mol. The highest BCUT2D eigenvalue weighted by atomic mass is 35.5. The molecule has 1 aromatic heterocycles. The summed E-state index contributed by atoms with van der Waals surface area (Å²) in [6, 6.07) is 10.8. The van der Waals surface area contributed by atoms with Crippen molar-refractivity contribution in [2.45, 2.75) is 25.0 Å². The molecule has 1 aliphatic rings. The number of rotatable bonds is 4. The van der Waals surface area contributed by atoms with Crippen molar-refractivity contribution < 1.29 is 9.47 Å². The van der Waals surface area contributed by atoms with E-state index in [0.29, 0.717) is 23.5 Å². The molecule has 0 saturated carbocycles. The maximum absolute atomic E-state index is 6.15. The van der Waals surface area contributed by atoms with Crippen molar-refractivity contribution >= 4 is 17.4 Å². The number of benzene rings is 1. The van der Waals surface area contributed by atoms with E-state index >= 15 is 0 Å². The predicted octanol–water partition coefficient (Wildman–Crippen LogP) is 3.47. The molecule has 0 bridgehead atoms. The number of aromatic nitrogens is 2. The minimum Gasteiger partial charge on any atom is -0.467 e. The second-order valence-corrected chi connectivity index (χ2v) is 5.60. The van der Waals surface area contributed by atoms with Gasteiger partial charge in [-0.2, -0.15) is 4.98 Å². The molecule has 0 aliphatic carbocycles. The van der Waals surface area contributed by atoms with Gasteiger partial charge in [-0.05, 0) is 18.4 Å². The summed E-state index contributed by atoms with van der Waals surface area (Å²) in [5, 5.41) is 3.87. The van der Waals surface area contributed by atoms with Crippen LogP contribution in [0.15, 0.2) is 36.5 Å². The topological polar surface area (TPSA) is 56.3 Å². The van der Waals surface area contributed by atoms with Gasteiger partial charge in [0.1, 0.15) is 5.02 Å². The summed E-state index contributed by atoms with van der Waals surface area (Å²) in [5.74, 6) is 0.604. The molecule has 1 fully saturated rings. The normalized spacial score (nSPS) is 21.4. The first-order chi connectivity index (χ1) is 10.8. The van der Waals surface area contributed by atoms with Crippen LogP contribution in [0, 0.1) is 0 Å². The summed E-state index contributed by atoms with van der Waals surface area (Å²) in [5.41, 5.74) is 1.19. The molecular formula is C16H18ClN3O2. The van der Waals surface area contributed by atoms with Crippen molar-refractivity contribution in [3.05, 3.63) is 47.1 Å². The number of hydrogen-bond donors (Lipinski definition) is 1. The molecule has 2 atom stereocenters. The van der Waals surface area contributed by atoms with Crippen LogP contribution in [0.2, 0.25) is 5.02 Å². The molecule has 5 nitrogen and oxygen atoms in total. The smallest absolute Gasteiger partial charge is 0.318 e. The van der Waals surface area contributed by atoms with Gasteiger partial charge in [0.15, 0.2) is 5.82 Å². The van der Waals surface area contributed by atoms with Crippen LogP contribution in [0.1, 0.15) is 24.5 Å². The average molecular weight is 320 g/mol. The van der Waals surface area contributed by atoms with Gasteiger partial charge in [-0.15, -0.1) is 0 Å². The lowest BCUT2D eigenvalue weighted by atomic mass is 9.97. The van der Waals surface area contributed by atoms with E-state index in [1.54, 1.807) is 6.20 Å². The molecule has 2 aromatic rings. The van der Waals surface area contributed by atoms with E-state index in [4.69, 9.17) is 21.1 Å². The monoisotopic (exact) mass is 319 g/mol. The van der Waals surface area contributed by atoms with E-state index in [0.717, 1.165) is 12.8 Å². The Labute approximate surface area is 134 Å². The molecule has 2 unspecified atom stereocenters. The minimum absolute atomic E-state index is 0.0926. The Kier molecular flexibility index (Phi) is 4.75. The van der Waals surface area contributed by atoms with Crippen molar-refractivity contribution in [2.24, 2.45) is 0 Å². The van der Waals surface area contributed by atoms with Crippen LogP contribution in [-0.4, -0.2) is 29.7 Å². The molecule has 6 heteroatoms. The zero-order valence-corrected chi connectivity index (χ0v) is 13.1. The van der Waals surface area contributed by atoms with Crippen molar-refractivity contribution in [1.82, 2.24) is 9.97 Å². The molecule has 1 saturated heterocycles. The lowest BCUT2D eigenvalue weighted by Crippen LogP contribution is -2.30. The number of methoxy groups -OCH3 is 1. The summed E-state index contributed by atoms with van der Waals surface area (Å²) in [6.07, 6.45) is 3.41. The standard InChI is InChI=1S/C16H18ClN3O2/c1-21-16-18-10-13(17)15(20-16)19-12-7-8-22-14(9-12)11-5-3-2-4-6-11/h2-6,10,12,14H,7-9H2,1H3,(H,18,19,20). The van der Waals surface area contributed by atoms with Crippen molar-refractivity contribution in [3.63, 3.8) is 0 Å². The van der Waals surface area contributed by atoms with E-state index in [1.165, 1.54) is 12.7 Å². The summed E-state index contributed by atoms with van der Waals surface area (Å²) in [6.45, 7) is 0.705. The maximum atomic E-state index is 6.15. The minimum atomic E-state index is 0.0926. The lowest BCUT2D eigenvalue weighted by molar-refractivity contribution is 0.00974. The van der Waals surface area contributed by atoms with E-state index in [2.05, 4.69) is 27.4 Å².